The van der Waals surface area contributed by atoms with Gasteiger partial charge in [-0.25, -0.2) is 14.8 Å². The molecule has 0 fully saturated rings. The number of carbonyl (C=O) groups is 1. The van der Waals surface area contributed by atoms with E-state index in [1.54, 1.807) is 25.5 Å². The Balaban J connectivity index is 2.06. The molecule has 1 aromatic heterocycles. The van der Waals surface area contributed by atoms with Crippen molar-refractivity contribution in [2.75, 3.05) is 7.05 Å². The van der Waals surface area contributed by atoms with Crippen LogP contribution in [0.1, 0.15) is 32.2 Å². The van der Waals surface area contributed by atoms with Crippen molar-refractivity contribution in [3.8, 4) is 16.9 Å². The van der Waals surface area contributed by atoms with Crippen molar-refractivity contribution < 1.29 is 14.6 Å². The van der Waals surface area contributed by atoms with Gasteiger partial charge >= 0.3 is 6.09 Å². The number of phenols is 1. The fourth-order valence-corrected chi connectivity index (χ4v) is 2.04. The third kappa shape index (κ3) is 4.68. The first-order valence-corrected chi connectivity index (χ1v) is 7.71. The van der Waals surface area contributed by atoms with Crippen molar-refractivity contribution >= 4 is 6.09 Å². The number of carbonyl (C=O) groups excluding carboxylic acids is 1. The van der Waals surface area contributed by atoms with Gasteiger partial charge in [0.15, 0.2) is 0 Å². The van der Waals surface area contributed by atoms with E-state index in [2.05, 4.69) is 9.97 Å². The van der Waals surface area contributed by atoms with Gasteiger partial charge in [0.2, 0.25) is 0 Å². The summed E-state index contributed by atoms with van der Waals surface area (Å²) >= 11 is 0. The molecule has 0 saturated carbocycles. The lowest BCUT2D eigenvalue weighted by atomic mass is 10.1. The Bertz CT molecular complexity index is 721. The number of rotatable bonds is 3. The summed E-state index contributed by atoms with van der Waals surface area (Å²) in [5.74, 6) is 0.790. The fraction of sp³-hybridized carbons (Fsp3) is 0.389. The predicted octanol–water partition coefficient (Wildman–Crippen LogP) is 3.52. The smallest absolute Gasteiger partial charge is 0.410 e. The number of aryl methyl sites for hydroxylation is 1. The number of hydrogen-bond donors (Lipinski definition) is 1. The topological polar surface area (TPSA) is 75.6 Å². The zero-order valence-corrected chi connectivity index (χ0v) is 14.7. The van der Waals surface area contributed by atoms with Gasteiger partial charge in [0.05, 0.1) is 6.54 Å². The molecule has 2 aromatic rings. The van der Waals surface area contributed by atoms with Crippen LogP contribution in [0.15, 0.2) is 30.6 Å². The Hall–Kier alpha value is -2.63. The normalized spacial score (nSPS) is 11.2. The standard InChI is InChI=1S/C18H23N3O3/c1-12-8-13(6-7-15(12)22)14-9-19-16(20-10-14)11-21(5)17(23)24-18(2,3)4/h6-10,22H,11H2,1-5H3. The van der Waals surface area contributed by atoms with E-state index < -0.39 is 11.7 Å². The van der Waals surface area contributed by atoms with Crippen LogP contribution in [0.4, 0.5) is 4.79 Å². The lowest BCUT2D eigenvalue weighted by Gasteiger charge is -2.24. The van der Waals surface area contributed by atoms with Crippen LogP contribution in [0.25, 0.3) is 11.1 Å². The highest BCUT2D eigenvalue weighted by molar-refractivity contribution is 5.67. The van der Waals surface area contributed by atoms with Gasteiger partial charge in [-0.3, -0.25) is 0 Å². The summed E-state index contributed by atoms with van der Waals surface area (Å²) in [5, 5.41) is 9.59. The van der Waals surface area contributed by atoms with E-state index in [9.17, 15) is 9.90 Å². The molecule has 0 aliphatic carbocycles. The summed E-state index contributed by atoms with van der Waals surface area (Å²) < 4.78 is 5.30. The third-order valence-corrected chi connectivity index (χ3v) is 3.32. The maximum Gasteiger partial charge on any atom is 0.410 e. The number of phenolic OH excluding ortho intramolecular Hbond substituents is 1. The van der Waals surface area contributed by atoms with Crippen LogP contribution >= 0.6 is 0 Å². The molecule has 0 aliphatic rings. The molecule has 0 unspecified atom stereocenters. The van der Waals surface area contributed by atoms with Crippen LogP contribution in [0.5, 0.6) is 5.75 Å². The SMILES string of the molecule is Cc1cc(-c2cnc(CN(C)C(=O)OC(C)(C)C)nc2)ccc1O. The summed E-state index contributed by atoms with van der Waals surface area (Å²) in [7, 11) is 1.65. The van der Waals surface area contributed by atoms with Gasteiger partial charge in [-0.05, 0) is 51.0 Å². The first-order valence-electron chi connectivity index (χ1n) is 7.71. The molecule has 6 nitrogen and oxygen atoms in total. The molecule has 0 bridgehead atoms. The van der Waals surface area contributed by atoms with E-state index >= 15 is 0 Å². The van der Waals surface area contributed by atoms with E-state index in [1.807, 2.05) is 39.8 Å². The Labute approximate surface area is 142 Å². The van der Waals surface area contributed by atoms with Crippen molar-refractivity contribution in [2.45, 2.75) is 39.8 Å². The van der Waals surface area contributed by atoms with E-state index in [0.29, 0.717) is 5.82 Å². The third-order valence-electron chi connectivity index (χ3n) is 3.32. The zero-order valence-electron chi connectivity index (χ0n) is 14.7. The van der Waals surface area contributed by atoms with Crippen LogP contribution in [-0.2, 0) is 11.3 Å². The molecule has 1 amide bonds. The summed E-state index contributed by atoms with van der Waals surface area (Å²) in [6.07, 6.45) is 3.00. The largest absolute Gasteiger partial charge is 0.508 e. The summed E-state index contributed by atoms with van der Waals surface area (Å²) in [5.41, 5.74) is 2.03. The van der Waals surface area contributed by atoms with E-state index in [4.69, 9.17) is 4.74 Å². The number of hydrogen-bond acceptors (Lipinski definition) is 5. The maximum atomic E-state index is 11.9. The van der Waals surface area contributed by atoms with Crippen LogP contribution < -0.4 is 0 Å². The van der Waals surface area contributed by atoms with Crippen LogP contribution in [0.2, 0.25) is 0 Å². The number of benzene rings is 1. The fourth-order valence-electron chi connectivity index (χ4n) is 2.04. The monoisotopic (exact) mass is 329 g/mol. The van der Waals surface area contributed by atoms with Gasteiger partial charge in [-0.15, -0.1) is 0 Å². The molecule has 1 N–H and O–H groups in total. The second-order valence-corrected chi connectivity index (χ2v) is 6.73. The van der Waals surface area contributed by atoms with Gasteiger partial charge in [-0.2, -0.15) is 0 Å². The van der Waals surface area contributed by atoms with Crippen molar-refractivity contribution in [1.29, 1.82) is 0 Å². The number of amides is 1. The van der Waals surface area contributed by atoms with E-state index in [0.717, 1.165) is 16.7 Å². The molecule has 0 aliphatic heterocycles. The molecule has 0 radical (unpaired) electrons. The van der Waals surface area contributed by atoms with Gasteiger partial charge < -0.3 is 14.7 Å². The molecular weight excluding hydrogens is 306 g/mol. The molecule has 0 atom stereocenters. The Kier molecular flexibility index (Phi) is 5.07. The van der Waals surface area contributed by atoms with Crippen LogP contribution in [-0.4, -0.2) is 38.7 Å². The molecule has 128 valence electrons. The summed E-state index contributed by atoms with van der Waals surface area (Å²) in [4.78, 5) is 22.0. The molecule has 6 heteroatoms. The minimum atomic E-state index is -0.535. The molecule has 0 saturated heterocycles. The van der Waals surface area contributed by atoms with Crippen molar-refractivity contribution in [3.63, 3.8) is 0 Å². The number of ether oxygens (including phenoxy) is 1. The predicted molar refractivity (Wildman–Crippen MR) is 91.6 cm³/mol. The molecule has 0 spiro atoms. The van der Waals surface area contributed by atoms with Gasteiger partial charge in [0.25, 0.3) is 0 Å². The van der Waals surface area contributed by atoms with Crippen LogP contribution in [0, 0.1) is 6.92 Å². The van der Waals surface area contributed by atoms with Crippen molar-refractivity contribution in [1.82, 2.24) is 14.9 Å². The summed E-state index contributed by atoms with van der Waals surface area (Å²) in [6, 6.07) is 5.34. The quantitative estimate of drug-likeness (QED) is 0.932. The lowest BCUT2D eigenvalue weighted by Crippen LogP contribution is -2.34. The van der Waals surface area contributed by atoms with Crippen molar-refractivity contribution in [3.05, 3.63) is 42.0 Å². The van der Waals surface area contributed by atoms with Gasteiger partial charge in [0.1, 0.15) is 17.2 Å². The second kappa shape index (κ2) is 6.86. The molecule has 1 aromatic carbocycles. The second-order valence-electron chi connectivity index (χ2n) is 6.73. The molecular formula is C18H23N3O3. The highest BCUT2D eigenvalue weighted by Crippen LogP contribution is 2.24. The molecule has 24 heavy (non-hydrogen) atoms. The highest BCUT2D eigenvalue weighted by atomic mass is 16.6. The Morgan fingerprint density at radius 3 is 2.38 bits per heavy atom. The maximum absolute atomic E-state index is 11.9. The molecule has 1 heterocycles. The first-order chi connectivity index (χ1) is 11.2. The number of aromatic hydroxyl groups is 1. The van der Waals surface area contributed by atoms with Crippen LogP contribution in [0.3, 0.4) is 0 Å². The number of nitrogens with zero attached hydrogens (tertiary/aromatic N) is 3. The number of aromatic nitrogens is 2. The minimum absolute atomic E-state index is 0.260. The first kappa shape index (κ1) is 17.7. The summed E-state index contributed by atoms with van der Waals surface area (Å²) in [6.45, 7) is 7.57. The average molecular weight is 329 g/mol. The van der Waals surface area contributed by atoms with Gasteiger partial charge in [-0.1, -0.05) is 6.07 Å². The van der Waals surface area contributed by atoms with Gasteiger partial charge in [0, 0.05) is 25.0 Å². The minimum Gasteiger partial charge on any atom is -0.508 e. The lowest BCUT2D eigenvalue weighted by molar-refractivity contribution is 0.0281. The molecule has 2 rings (SSSR count). The Morgan fingerprint density at radius 2 is 1.83 bits per heavy atom. The Morgan fingerprint density at radius 1 is 1.21 bits per heavy atom. The zero-order chi connectivity index (χ0) is 17.9. The van der Waals surface area contributed by atoms with Crippen molar-refractivity contribution in [2.24, 2.45) is 0 Å². The highest BCUT2D eigenvalue weighted by Gasteiger charge is 2.20. The van der Waals surface area contributed by atoms with E-state index in [-0.39, 0.29) is 12.3 Å². The van der Waals surface area contributed by atoms with E-state index in [1.165, 1.54) is 4.90 Å². The average Bonchev–Trinajstić information content (AvgIpc) is 2.49.